The summed E-state index contributed by atoms with van der Waals surface area (Å²) in [6.45, 7) is 4.17. The van der Waals surface area contributed by atoms with Crippen molar-refractivity contribution in [2.24, 2.45) is 5.92 Å². The molecule has 0 aliphatic heterocycles. The second-order valence-corrected chi connectivity index (χ2v) is 4.04. The molecule has 0 amide bonds. The summed E-state index contributed by atoms with van der Waals surface area (Å²) in [5, 5.41) is 0. The molecule has 3 N–H and O–H groups in total. The first-order chi connectivity index (χ1) is 4.42. The topological polar surface area (TPSA) is 69.9 Å². The maximum atomic E-state index is 8.36. The summed E-state index contributed by atoms with van der Waals surface area (Å²) in [7, 11) is -4.22. The van der Waals surface area contributed by atoms with Crippen molar-refractivity contribution in [1.82, 2.24) is 0 Å². The summed E-state index contributed by atoms with van der Waals surface area (Å²) in [4.78, 5) is 25.1. The van der Waals surface area contributed by atoms with Gasteiger partial charge < -0.3 is 0 Å². The molecule has 0 spiro atoms. The molecule has 0 aromatic carbocycles. The first-order valence-electron chi connectivity index (χ1n) is 3.23. The van der Waals surface area contributed by atoms with E-state index in [4.69, 9.17) is 14.7 Å². The third kappa shape index (κ3) is 8.27. The van der Waals surface area contributed by atoms with Crippen LogP contribution in [0.4, 0.5) is 0 Å². The Morgan fingerprint density at radius 3 is 2.10 bits per heavy atom. The van der Waals surface area contributed by atoms with Crippen molar-refractivity contribution in [3.8, 4) is 0 Å². The van der Waals surface area contributed by atoms with E-state index < -0.39 is 8.17 Å². The fraction of sp³-hybridized carbons (Fsp3) is 1.00. The van der Waals surface area contributed by atoms with Crippen molar-refractivity contribution in [1.29, 1.82) is 0 Å². The Balaban J connectivity index is 3.21. The Hall–Kier alpha value is 0.270. The van der Waals surface area contributed by atoms with Crippen LogP contribution in [0.5, 0.6) is 0 Å². The first kappa shape index (κ1) is 10.3. The van der Waals surface area contributed by atoms with E-state index >= 15 is 0 Å². The Bertz CT molecular complexity index is 88.1. The van der Waals surface area contributed by atoms with Gasteiger partial charge >= 0.3 is 60.2 Å². The summed E-state index contributed by atoms with van der Waals surface area (Å²) in [6.07, 6.45) is 0.719. The molecule has 0 aromatic heterocycles. The van der Waals surface area contributed by atoms with E-state index in [1.807, 2.05) is 13.8 Å². The Morgan fingerprint density at radius 1 is 1.30 bits per heavy atom. The van der Waals surface area contributed by atoms with Gasteiger partial charge in [-0.05, 0) is 0 Å². The summed E-state index contributed by atoms with van der Waals surface area (Å²) in [5.74, 6) is 0.441. The van der Waals surface area contributed by atoms with E-state index in [1.165, 1.54) is 0 Å². The van der Waals surface area contributed by atoms with Gasteiger partial charge in [0, 0.05) is 0 Å². The SMILES string of the molecule is CC(C)CCO[PH](O)(O)O. The zero-order valence-electron chi connectivity index (χ0n) is 6.24. The quantitative estimate of drug-likeness (QED) is 0.535. The van der Waals surface area contributed by atoms with Gasteiger partial charge in [-0.25, -0.2) is 0 Å². The summed E-state index contributed by atoms with van der Waals surface area (Å²) < 4.78 is 4.35. The van der Waals surface area contributed by atoms with E-state index in [9.17, 15) is 0 Å². The van der Waals surface area contributed by atoms with Crippen LogP contribution in [0.25, 0.3) is 0 Å². The van der Waals surface area contributed by atoms with Crippen molar-refractivity contribution in [2.75, 3.05) is 6.61 Å². The van der Waals surface area contributed by atoms with Crippen LogP contribution in [-0.4, -0.2) is 21.3 Å². The molecule has 0 bridgehead atoms. The van der Waals surface area contributed by atoms with E-state index in [0.717, 1.165) is 6.42 Å². The Labute approximate surface area is 61.1 Å². The number of hydrogen-bond donors (Lipinski definition) is 3. The van der Waals surface area contributed by atoms with Crippen LogP contribution in [-0.2, 0) is 4.52 Å². The van der Waals surface area contributed by atoms with E-state index in [2.05, 4.69) is 4.52 Å². The fourth-order valence-electron chi connectivity index (χ4n) is 0.432. The Morgan fingerprint density at radius 2 is 1.80 bits per heavy atom. The van der Waals surface area contributed by atoms with Gasteiger partial charge in [0.15, 0.2) is 0 Å². The minimum atomic E-state index is -4.22. The Kier molecular flexibility index (Phi) is 4.32. The molecule has 10 heavy (non-hydrogen) atoms. The van der Waals surface area contributed by atoms with Crippen LogP contribution in [0, 0.1) is 5.92 Å². The van der Waals surface area contributed by atoms with Gasteiger partial charge in [-0.3, -0.25) is 0 Å². The van der Waals surface area contributed by atoms with E-state index in [-0.39, 0.29) is 6.61 Å². The monoisotopic (exact) mass is 170 g/mol. The molecule has 0 atom stereocenters. The molecule has 0 aliphatic rings. The summed E-state index contributed by atoms with van der Waals surface area (Å²) in [5.41, 5.74) is 0. The predicted octanol–water partition coefficient (Wildman–Crippen LogP) is 0.436. The molecule has 0 aliphatic carbocycles. The molecule has 0 aromatic rings. The van der Waals surface area contributed by atoms with Crippen LogP contribution in [0.2, 0.25) is 0 Å². The van der Waals surface area contributed by atoms with Crippen LogP contribution in [0.3, 0.4) is 0 Å². The second-order valence-electron chi connectivity index (χ2n) is 2.60. The fourth-order valence-corrected chi connectivity index (χ4v) is 0.823. The molecule has 0 radical (unpaired) electrons. The van der Waals surface area contributed by atoms with E-state index in [0.29, 0.717) is 5.92 Å². The minimum absolute atomic E-state index is 0.202. The molecule has 64 valence electrons. The molecule has 0 saturated carbocycles. The van der Waals surface area contributed by atoms with Crippen LogP contribution in [0.1, 0.15) is 20.3 Å². The third-order valence-electron chi connectivity index (χ3n) is 0.991. The average Bonchev–Trinajstić information content (AvgIpc) is 1.59. The van der Waals surface area contributed by atoms with Gasteiger partial charge in [0.1, 0.15) is 0 Å². The van der Waals surface area contributed by atoms with Crippen molar-refractivity contribution >= 4 is 8.17 Å². The van der Waals surface area contributed by atoms with Crippen molar-refractivity contribution < 1.29 is 19.2 Å². The summed E-state index contributed by atoms with van der Waals surface area (Å²) in [6, 6.07) is 0. The first-order valence-corrected chi connectivity index (χ1v) is 4.98. The van der Waals surface area contributed by atoms with Crippen molar-refractivity contribution in [2.45, 2.75) is 20.3 Å². The van der Waals surface area contributed by atoms with Crippen LogP contribution in [0.15, 0.2) is 0 Å². The third-order valence-corrected chi connectivity index (χ3v) is 1.58. The standard InChI is InChI=1S/C5H15O4P/c1-5(2)3-4-9-10(6,7)8/h5-8,10H,3-4H2,1-2H3. The molecule has 0 rings (SSSR count). The zero-order chi connectivity index (χ0) is 8.20. The number of hydrogen-bond acceptors (Lipinski definition) is 4. The van der Waals surface area contributed by atoms with Crippen LogP contribution < -0.4 is 0 Å². The second kappa shape index (κ2) is 4.21. The van der Waals surface area contributed by atoms with Gasteiger partial charge in [0.2, 0.25) is 0 Å². The van der Waals surface area contributed by atoms with Gasteiger partial charge in [0.05, 0.1) is 0 Å². The van der Waals surface area contributed by atoms with Gasteiger partial charge in [-0.2, -0.15) is 0 Å². The average molecular weight is 170 g/mol. The summed E-state index contributed by atoms with van der Waals surface area (Å²) >= 11 is 0. The predicted molar refractivity (Wildman–Crippen MR) is 40.4 cm³/mol. The van der Waals surface area contributed by atoms with Gasteiger partial charge in [0.25, 0.3) is 0 Å². The molecule has 0 unspecified atom stereocenters. The molecule has 0 saturated heterocycles. The zero-order valence-corrected chi connectivity index (χ0v) is 7.24. The molecule has 0 fully saturated rings. The molecular weight excluding hydrogens is 155 g/mol. The molecular formula is C5H15O4P. The normalized spacial score (nSPS) is 14.2. The van der Waals surface area contributed by atoms with E-state index in [1.54, 1.807) is 0 Å². The molecule has 0 heterocycles. The maximum absolute atomic E-state index is 8.36. The van der Waals surface area contributed by atoms with Crippen molar-refractivity contribution in [3.05, 3.63) is 0 Å². The molecule has 4 nitrogen and oxygen atoms in total. The number of rotatable bonds is 4. The van der Waals surface area contributed by atoms with Crippen molar-refractivity contribution in [3.63, 3.8) is 0 Å². The van der Waals surface area contributed by atoms with Gasteiger partial charge in [-0.1, -0.05) is 0 Å². The van der Waals surface area contributed by atoms with Crippen LogP contribution >= 0.6 is 8.17 Å². The van der Waals surface area contributed by atoms with Gasteiger partial charge in [-0.15, -0.1) is 0 Å². The molecule has 5 heteroatoms.